The fourth-order valence-corrected chi connectivity index (χ4v) is 26.6. The van der Waals surface area contributed by atoms with E-state index in [1.807, 2.05) is 54.5 Å². The normalized spacial score (nSPS) is 28.0. The summed E-state index contributed by atoms with van der Waals surface area (Å²) in [5, 5.41) is 1.26. The fraction of sp³-hybridized carbons (Fsp3) is 0.143. The van der Waals surface area contributed by atoms with Crippen LogP contribution in [0.5, 0.6) is 5.75 Å². The molecule has 35 heavy (non-hydrogen) atoms. The van der Waals surface area contributed by atoms with E-state index in [1.165, 1.54) is 38.7 Å². The van der Waals surface area contributed by atoms with E-state index in [0.717, 1.165) is 5.75 Å². The van der Waals surface area contributed by atoms with Crippen LogP contribution in [-0.4, -0.2) is 11.7 Å². The lowest BCUT2D eigenvalue weighted by atomic mass is 9.53. The summed E-state index contributed by atoms with van der Waals surface area (Å²) in [7, 11) is 9.56. The summed E-state index contributed by atoms with van der Waals surface area (Å²) in [6.45, 7) is 0. The molecule has 0 aromatic heterocycles. The summed E-state index contributed by atoms with van der Waals surface area (Å²) in [6.07, 6.45) is 0. The number of ether oxygens (including phenoxy) is 1. The Morgan fingerprint density at radius 2 is 1.14 bits per heavy atom. The molecule has 4 aliphatic rings. The molecule has 0 saturated carbocycles. The average molecular weight is 565 g/mol. The summed E-state index contributed by atoms with van der Waals surface area (Å²) in [5.41, 5.74) is 8.58. The van der Waals surface area contributed by atoms with Gasteiger partial charge in [0.2, 0.25) is 0 Å². The van der Waals surface area contributed by atoms with Gasteiger partial charge >= 0.3 is 0 Å². The first-order valence-electron chi connectivity index (χ1n) is 11.4. The van der Waals surface area contributed by atoms with Crippen molar-refractivity contribution >= 4 is 64.0 Å². The Kier molecular flexibility index (Phi) is 5.66. The van der Waals surface area contributed by atoms with Gasteiger partial charge in [0.15, 0.2) is 0 Å². The van der Waals surface area contributed by atoms with Crippen LogP contribution in [0.2, 0.25) is 0 Å². The number of hydrogen-bond acceptors (Lipinski definition) is 6. The van der Waals surface area contributed by atoms with Crippen molar-refractivity contribution in [2.45, 2.75) is 15.9 Å². The highest BCUT2D eigenvalue weighted by molar-refractivity contribution is 9.33. The van der Waals surface area contributed by atoms with Crippen molar-refractivity contribution < 1.29 is 4.74 Å². The Hall–Kier alpha value is -1.27. The zero-order valence-electron chi connectivity index (χ0n) is 18.8. The van der Waals surface area contributed by atoms with Crippen LogP contribution in [0.3, 0.4) is 0 Å². The Labute approximate surface area is 226 Å². The number of benzene rings is 4. The third-order valence-corrected chi connectivity index (χ3v) is 27.5. The summed E-state index contributed by atoms with van der Waals surface area (Å²) in [5.74, 6) is 1.19. The van der Waals surface area contributed by atoms with Crippen LogP contribution < -0.4 is 10.0 Å². The Bertz CT molecular complexity index is 1370. The molecule has 2 bridgehead atoms. The van der Waals surface area contributed by atoms with E-state index in [0.29, 0.717) is 10.5 Å². The van der Waals surface area contributed by atoms with Crippen molar-refractivity contribution in [2.75, 3.05) is 7.11 Å². The molecule has 7 heteroatoms. The van der Waals surface area contributed by atoms with Gasteiger partial charge in [-0.3, -0.25) is 0 Å². The summed E-state index contributed by atoms with van der Waals surface area (Å²) >= 11 is 6.32. The molecule has 4 aromatic rings. The van der Waals surface area contributed by atoms with Crippen LogP contribution in [0.15, 0.2) is 97.1 Å². The summed E-state index contributed by atoms with van der Waals surface area (Å²) < 4.78 is 3.85. The Morgan fingerprint density at radius 1 is 0.686 bits per heavy atom. The van der Waals surface area contributed by atoms with Gasteiger partial charge in [0.1, 0.15) is 10.2 Å². The van der Waals surface area contributed by atoms with Gasteiger partial charge in [-0.15, -0.1) is 0 Å². The van der Waals surface area contributed by atoms with Crippen LogP contribution in [0.25, 0.3) is 0 Å². The zero-order valence-corrected chi connectivity index (χ0v) is 23.8. The molecule has 1 heterocycles. The van der Waals surface area contributed by atoms with Crippen molar-refractivity contribution in [3.8, 4) is 5.75 Å². The molecule has 1 saturated heterocycles. The van der Waals surface area contributed by atoms with E-state index in [4.69, 9.17) is 16.5 Å². The van der Waals surface area contributed by atoms with Crippen molar-refractivity contribution in [3.63, 3.8) is 0 Å². The van der Waals surface area contributed by atoms with E-state index in [9.17, 15) is 0 Å². The van der Waals surface area contributed by atoms with Crippen LogP contribution in [0.1, 0.15) is 39.3 Å². The molecule has 1 nitrogen and oxygen atoms in total. The maximum Gasteiger partial charge on any atom is 0.118 e. The van der Waals surface area contributed by atoms with Gasteiger partial charge in [-0.1, -0.05) is 106 Å². The quantitative estimate of drug-likeness (QED) is 0.181. The highest BCUT2D eigenvalue weighted by Gasteiger charge is 2.57. The minimum Gasteiger partial charge on any atom is -0.497 e. The van der Waals surface area contributed by atoms with Gasteiger partial charge < -0.3 is 4.74 Å². The molecular weight excluding hydrogens is 544 g/mol. The fourth-order valence-electron chi connectivity index (χ4n) is 5.86. The first kappa shape index (κ1) is 22.9. The van der Waals surface area contributed by atoms with Crippen molar-refractivity contribution in [2.24, 2.45) is 0 Å². The van der Waals surface area contributed by atoms with Crippen molar-refractivity contribution in [1.82, 2.24) is 0 Å². The second-order valence-electron chi connectivity index (χ2n) is 8.87. The van der Waals surface area contributed by atoms with E-state index in [-0.39, 0.29) is 5.41 Å². The molecular formula is C28H21OPS5. The molecule has 4 aromatic carbocycles. The second-order valence-corrected chi connectivity index (χ2v) is 24.0. The first-order valence-corrected chi connectivity index (χ1v) is 19.8. The van der Waals surface area contributed by atoms with E-state index in [1.54, 1.807) is 7.11 Å². The second kappa shape index (κ2) is 8.65. The zero-order chi connectivity index (χ0) is 23.6. The smallest absolute Gasteiger partial charge is 0.118 e. The van der Waals surface area contributed by atoms with Gasteiger partial charge in [-0.25, -0.2) is 0 Å². The van der Waals surface area contributed by atoms with E-state index >= 15 is 0 Å². The number of hydrogen-bond donors (Lipinski definition) is 0. The molecule has 1 fully saturated rings. The Morgan fingerprint density at radius 3 is 1.60 bits per heavy atom. The highest BCUT2D eigenvalue weighted by Crippen LogP contribution is 2.83. The number of rotatable bonds is 3. The molecule has 1 aliphatic heterocycles. The van der Waals surface area contributed by atoms with E-state index < -0.39 is 4.44 Å². The van der Waals surface area contributed by atoms with Crippen LogP contribution >= 0.6 is 46.9 Å². The average Bonchev–Trinajstić information content (AvgIpc) is 2.93. The van der Waals surface area contributed by atoms with Crippen LogP contribution in [0.4, 0.5) is 0 Å². The predicted molar refractivity (Wildman–Crippen MR) is 161 cm³/mol. The third-order valence-electron chi connectivity index (χ3n) is 7.29. The highest BCUT2D eigenvalue weighted by atomic mass is 33.6. The van der Waals surface area contributed by atoms with Gasteiger partial charge in [0.05, 0.1) is 17.1 Å². The van der Waals surface area contributed by atoms with Crippen LogP contribution in [-0.2, 0) is 17.2 Å². The molecule has 3 aliphatic carbocycles. The topological polar surface area (TPSA) is 9.23 Å². The predicted octanol–water partition coefficient (Wildman–Crippen LogP) is 8.57. The van der Waals surface area contributed by atoms with Crippen molar-refractivity contribution in [3.05, 3.63) is 130 Å². The minimum atomic E-state index is -1.83. The molecule has 8 rings (SSSR count). The third kappa shape index (κ3) is 3.24. The molecule has 0 amide bonds. The first-order chi connectivity index (χ1) is 17.2. The standard InChI is InChI=1S/C28H21OPS5/c1-29-18-14-16-19(17-15-18)30(31)34-32-27(33-35-30)28-23-11-5-2-8-20(23)26(21-9-3-6-12-24(21)28)22-10-4-7-13-25(22)28/h2-17,26-27H,1H3. The van der Waals surface area contributed by atoms with Gasteiger partial charge in [-0.2, -0.15) is 0 Å². The molecule has 0 unspecified atom stereocenters. The summed E-state index contributed by atoms with van der Waals surface area (Å²) in [6, 6.07) is 35.8. The molecule has 0 atom stereocenters. The lowest BCUT2D eigenvalue weighted by Crippen LogP contribution is -2.47. The summed E-state index contributed by atoms with van der Waals surface area (Å²) in [4.78, 5) is 0. The van der Waals surface area contributed by atoms with Gasteiger partial charge in [0, 0.05) is 11.2 Å². The SMILES string of the molecule is COc1ccc(P2(=S)SSC(C34c5ccccc5C(c5ccccc53)c3ccccc34)SS2)cc1. The lowest BCUT2D eigenvalue weighted by molar-refractivity contribution is 0.415. The molecule has 0 N–H and O–H groups in total. The maximum atomic E-state index is 6.32. The van der Waals surface area contributed by atoms with Gasteiger partial charge in [-0.05, 0) is 78.5 Å². The number of methoxy groups -OCH3 is 1. The molecule has 174 valence electrons. The Balaban J connectivity index is 1.37. The van der Waals surface area contributed by atoms with E-state index in [2.05, 4.69) is 84.9 Å². The molecule has 0 spiro atoms. The molecule has 0 radical (unpaired) electrons. The maximum absolute atomic E-state index is 6.32. The largest absolute Gasteiger partial charge is 0.497 e. The van der Waals surface area contributed by atoms with Gasteiger partial charge in [0.25, 0.3) is 0 Å². The minimum absolute atomic E-state index is 0.200. The van der Waals surface area contributed by atoms with Crippen molar-refractivity contribution in [1.29, 1.82) is 0 Å². The lowest BCUT2D eigenvalue weighted by Gasteiger charge is -2.54. The van der Waals surface area contributed by atoms with Crippen LogP contribution in [0, 0.1) is 0 Å². The monoisotopic (exact) mass is 564 g/mol.